The fourth-order valence-corrected chi connectivity index (χ4v) is 2.06. The van der Waals surface area contributed by atoms with Crippen molar-refractivity contribution in [2.24, 2.45) is 0 Å². The lowest BCUT2D eigenvalue weighted by atomic mass is 10.0. The van der Waals surface area contributed by atoms with E-state index in [1.807, 2.05) is 13.0 Å². The van der Waals surface area contributed by atoms with Gasteiger partial charge in [-0.15, -0.1) is 13.2 Å². The van der Waals surface area contributed by atoms with Crippen LogP contribution in [0.1, 0.15) is 5.56 Å². The molecule has 0 bridgehead atoms. The second kappa shape index (κ2) is 5.13. The summed E-state index contributed by atoms with van der Waals surface area (Å²) in [6.07, 6.45) is -4.70. The van der Waals surface area contributed by atoms with Gasteiger partial charge in [-0.05, 0) is 36.2 Å². The Labute approximate surface area is 113 Å². The molecule has 0 radical (unpaired) electrons. The topological polar surface area (TPSA) is 9.23 Å². The van der Waals surface area contributed by atoms with E-state index in [-0.39, 0.29) is 5.75 Å². The van der Waals surface area contributed by atoms with Crippen molar-refractivity contribution in [3.63, 3.8) is 0 Å². The van der Waals surface area contributed by atoms with Crippen molar-refractivity contribution < 1.29 is 17.9 Å². The van der Waals surface area contributed by atoms with Gasteiger partial charge in [-0.1, -0.05) is 35.9 Å². The first-order valence-electron chi connectivity index (χ1n) is 5.47. The number of halogens is 4. The minimum absolute atomic E-state index is 0.262. The van der Waals surface area contributed by atoms with Crippen molar-refractivity contribution in [1.29, 1.82) is 0 Å². The molecule has 0 unspecified atom stereocenters. The Hall–Kier alpha value is -1.68. The molecule has 0 amide bonds. The highest BCUT2D eigenvalue weighted by atomic mass is 35.5. The SMILES string of the molecule is Cc1ccc(-c2cccc(OC(F)(F)F)c2)c(Cl)c1. The highest BCUT2D eigenvalue weighted by Crippen LogP contribution is 2.32. The molecule has 19 heavy (non-hydrogen) atoms. The molecule has 0 fully saturated rings. The summed E-state index contributed by atoms with van der Waals surface area (Å²) < 4.78 is 40.4. The summed E-state index contributed by atoms with van der Waals surface area (Å²) in [5.74, 6) is -0.262. The largest absolute Gasteiger partial charge is 0.573 e. The van der Waals surface area contributed by atoms with Gasteiger partial charge in [0.1, 0.15) is 5.75 Å². The molecule has 0 aliphatic heterocycles. The van der Waals surface area contributed by atoms with Gasteiger partial charge in [-0.2, -0.15) is 0 Å². The number of benzene rings is 2. The minimum Gasteiger partial charge on any atom is -0.406 e. The lowest BCUT2D eigenvalue weighted by molar-refractivity contribution is -0.274. The summed E-state index contributed by atoms with van der Waals surface area (Å²) in [4.78, 5) is 0. The number of alkyl halides is 3. The zero-order valence-corrected chi connectivity index (χ0v) is 10.7. The number of rotatable bonds is 2. The molecule has 0 aliphatic rings. The van der Waals surface area contributed by atoms with Gasteiger partial charge < -0.3 is 4.74 Å². The number of hydrogen-bond acceptors (Lipinski definition) is 1. The average Bonchev–Trinajstić information content (AvgIpc) is 2.26. The molecule has 0 saturated carbocycles. The maximum Gasteiger partial charge on any atom is 0.573 e. The summed E-state index contributed by atoms with van der Waals surface area (Å²) in [6.45, 7) is 1.89. The van der Waals surface area contributed by atoms with Crippen LogP contribution in [0.3, 0.4) is 0 Å². The molecule has 0 spiro atoms. The molecule has 2 rings (SSSR count). The van der Waals surface area contributed by atoms with E-state index >= 15 is 0 Å². The van der Waals surface area contributed by atoms with Crippen LogP contribution in [0.4, 0.5) is 13.2 Å². The van der Waals surface area contributed by atoms with E-state index in [1.165, 1.54) is 18.2 Å². The molecule has 0 N–H and O–H groups in total. The van der Waals surface area contributed by atoms with E-state index in [1.54, 1.807) is 18.2 Å². The maximum atomic E-state index is 12.2. The van der Waals surface area contributed by atoms with Crippen LogP contribution in [0.2, 0.25) is 5.02 Å². The molecule has 100 valence electrons. The lowest BCUT2D eigenvalue weighted by Gasteiger charge is -2.11. The predicted molar refractivity (Wildman–Crippen MR) is 68.3 cm³/mol. The third-order valence-electron chi connectivity index (χ3n) is 2.50. The molecular formula is C14H10ClF3O. The Balaban J connectivity index is 2.38. The Morgan fingerprint density at radius 1 is 1.05 bits per heavy atom. The van der Waals surface area contributed by atoms with Gasteiger partial charge in [0.05, 0.1) is 0 Å². The van der Waals surface area contributed by atoms with Crippen molar-refractivity contribution in [1.82, 2.24) is 0 Å². The fourth-order valence-electron chi connectivity index (χ4n) is 1.72. The fraction of sp³-hybridized carbons (Fsp3) is 0.143. The zero-order chi connectivity index (χ0) is 14.0. The van der Waals surface area contributed by atoms with Gasteiger partial charge >= 0.3 is 6.36 Å². The van der Waals surface area contributed by atoms with Crippen LogP contribution in [0, 0.1) is 6.92 Å². The van der Waals surface area contributed by atoms with Crippen molar-refractivity contribution in [2.45, 2.75) is 13.3 Å². The van der Waals surface area contributed by atoms with Crippen LogP contribution < -0.4 is 4.74 Å². The highest BCUT2D eigenvalue weighted by molar-refractivity contribution is 6.33. The number of hydrogen-bond donors (Lipinski definition) is 0. The quantitative estimate of drug-likeness (QED) is 0.736. The highest BCUT2D eigenvalue weighted by Gasteiger charge is 2.31. The maximum absolute atomic E-state index is 12.2. The van der Waals surface area contributed by atoms with Crippen LogP contribution in [-0.4, -0.2) is 6.36 Å². The van der Waals surface area contributed by atoms with Crippen molar-refractivity contribution in [3.05, 3.63) is 53.1 Å². The smallest absolute Gasteiger partial charge is 0.406 e. The van der Waals surface area contributed by atoms with Crippen LogP contribution in [0.15, 0.2) is 42.5 Å². The van der Waals surface area contributed by atoms with Crippen molar-refractivity contribution in [3.8, 4) is 16.9 Å². The molecule has 2 aromatic carbocycles. The zero-order valence-electron chi connectivity index (χ0n) is 9.96. The Morgan fingerprint density at radius 3 is 2.42 bits per heavy atom. The number of ether oxygens (including phenoxy) is 1. The standard InChI is InChI=1S/C14H10ClF3O/c1-9-5-6-12(13(15)7-9)10-3-2-4-11(8-10)19-14(16,17)18/h2-8H,1H3. The van der Waals surface area contributed by atoms with E-state index in [2.05, 4.69) is 4.74 Å². The van der Waals surface area contributed by atoms with Crippen LogP contribution in [-0.2, 0) is 0 Å². The Morgan fingerprint density at radius 2 is 1.79 bits per heavy atom. The van der Waals surface area contributed by atoms with Crippen molar-refractivity contribution in [2.75, 3.05) is 0 Å². The minimum atomic E-state index is -4.70. The first-order valence-corrected chi connectivity index (χ1v) is 5.85. The first kappa shape index (κ1) is 13.7. The van der Waals surface area contributed by atoms with Crippen LogP contribution >= 0.6 is 11.6 Å². The first-order chi connectivity index (χ1) is 8.85. The van der Waals surface area contributed by atoms with Gasteiger partial charge in [0.25, 0.3) is 0 Å². The van der Waals surface area contributed by atoms with E-state index in [4.69, 9.17) is 11.6 Å². The molecule has 2 aromatic rings. The van der Waals surface area contributed by atoms with E-state index in [0.717, 1.165) is 5.56 Å². The summed E-state index contributed by atoms with van der Waals surface area (Å²) >= 11 is 6.09. The lowest BCUT2D eigenvalue weighted by Crippen LogP contribution is -2.17. The molecule has 0 heterocycles. The third kappa shape index (κ3) is 3.64. The molecule has 0 aromatic heterocycles. The molecule has 0 saturated heterocycles. The molecule has 5 heteroatoms. The predicted octanol–water partition coefficient (Wildman–Crippen LogP) is 5.21. The van der Waals surface area contributed by atoms with Crippen molar-refractivity contribution >= 4 is 11.6 Å². The second-order valence-corrected chi connectivity index (χ2v) is 4.47. The van der Waals surface area contributed by atoms with Gasteiger partial charge in [0, 0.05) is 10.6 Å². The normalized spacial score (nSPS) is 11.4. The van der Waals surface area contributed by atoms with E-state index < -0.39 is 6.36 Å². The summed E-state index contributed by atoms with van der Waals surface area (Å²) in [6, 6.07) is 11.1. The molecule has 1 nitrogen and oxygen atoms in total. The second-order valence-electron chi connectivity index (χ2n) is 4.06. The summed E-state index contributed by atoms with van der Waals surface area (Å²) in [7, 11) is 0. The Bertz CT molecular complexity index is 593. The van der Waals surface area contributed by atoms with E-state index in [0.29, 0.717) is 16.1 Å². The van der Waals surface area contributed by atoms with Gasteiger partial charge in [-0.3, -0.25) is 0 Å². The monoisotopic (exact) mass is 286 g/mol. The van der Waals surface area contributed by atoms with Crippen LogP contribution in [0.25, 0.3) is 11.1 Å². The van der Waals surface area contributed by atoms with Crippen LogP contribution in [0.5, 0.6) is 5.75 Å². The summed E-state index contributed by atoms with van der Waals surface area (Å²) in [5.41, 5.74) is 2.23. The average molecular weight is 287 g/mol. The Kier molecular flexibility index (Phi) is 3.71. The number of aryl methyl sites for hydroxylation is 1. The van der Waals surface area contributed by atoms with Gasteiger partial charge in [0.2, 0.25) is 0 Å². The van der Waals surface area contributed by atoms with E-state index in [9.17, 15) is 13.2 Å². The van der Waals surface area contributed by atoms with Gasteiger partial charge in [-0.25, -0.2) is 0 Å². The third-order valence-corrected chi connectivity index (χ3v) is 2.82. The molecule has 0 aliphatic carbocycles. The molecular weight excluding hydrogens is 277 g/mol. The van der Waals surface area contributed by atoms with Gasteiger partial charge in [0.15, 0.2) is 0 Å². The molecule has 0 atom stereocenters. The summed E-state index contributed by atoms with van der Waals surface area (Å²) in [5, 5.41) is 0.490.